The van der Waals surface area contributed by atoms with Crippen molar-refractivity contribution >= 4 is 40.6 Å². The number of thiocarbonyl (C=S) groups is 1. The quantitative estimate of drug-likeness (QED) is 0.472. The fraction of sp³-hybridized carbons (Fsp3) is 0.467. The highest BCUT2D eigenvalue weighted by atomic mass is 32.2. The lowest BCUT2D eigenvalue weighted by atomic mass is 10.1. The van der Waals surface area contributed by atoms with E-state index in [1.165, 1.54) is 7.11 Å². The summed E-state index contributed by atoms with van der Waals surface area (Å²) in [7, 11) is 1.39. The smallest absolute Gasteiger partial charge is 0.325 e. The lowest BCUT2D eigenvalue weighted by Gasteiger charge is -2.30. The molecule has 0 heterocycles. The number of anilines is 1. The third kappa shape index (κ3) is 4.61. The highest BCUT2D eigenvalue weighted by Gasteiger charge is 2.21. The third-order valence-electron chi connectivity index (χ3n) is 3.01. The number of rotatable bonds is 7. The fourth-order valence-electron chi connectivity index (χ4n) is 2.03. The highest BCUT2D eigenvalue weighted by Crippen LogP contribution is 2.31. The van der Waals surface area contributed by atoms with Gasteiger partial charge in [0.25, 0.3) is 0 Å². The number of hydrogen-bond donors (Lipinski definition) is 1. The first-order valence-corrected chi connectivity index (χ1v) is 8.20. The van der Waals surface area contributed by atoms with Crippen LogP contribution in [0.15, 0.2) is 23.1 Å². The topological polar surface area (TPSA) is 55.6 Å². The molecular weight excluding hydrogens is 304 g/mol. The van der Waals surface area contributed by atoms with Crippen LogP contribution in [-0.2, 0) is 9.53 Å². The summed E-state index contributed by atoms with van der Waals surface area (Å²) in [5, 5.41) is 0. The van der Waals surface area contributed by atoms with Crippen LogP contribution in [0.4, 0.5) is 5.69 Å². The number of nitrogens with zero attached hydrogens (tertiary/aromatic N) is 1. The van der Waals surface area contributed by atoms with Gasteiger partial charge in [0, 0.05) is 22.2 Å². The van der Waals surface area contributed by atoms with Gasteiger partial charge in [-0.05, 0) is 31.7 Å². The SMILES string of the molecule is CCSc1cccc(N(CC(=O)OC)C(C)C)c1C(N)=S. The maximum Gasteiger partial charge on any atom is 0.325 e. The highest BCUT2D eigenvalue weighted by molar-refractivity contribution is 7.99. The molecule has 21 heavy (non-hydrogen) atoms. The molecule has 0 spiro atoms. The van der Waals surface area contributed by atoms with Crippen molar-refractivity contribution in [1.82, 2.24) is 0 Å². The molecule has 2 N–H and O–H groups in total. The number of esters is 1. The Morgan fingerprint density at radius 1 is 1.48 bits per heavy atom. The molecule has 0 saturated carbocycles. The Morgan fingerprint density at radius 2 is 2.14 bits per heavy atom. The average molecular weight is 326 g/mol. The Kier molecular flexibility index (Phi) is 6.98. The van der Waals surface area contributed by atoms with Gasteiger partial charge in [-0.2, -0.15) is 0 Å². The number of carbonyl (C=O) groups excluding carboxylic acids is 1. The van der Waals surface area contributed by atoms with E-state index in [0.717, 1.165) is 21.9 Å². The minimum atomic E-state index is -0.286. The van der Waals surface area contributed by atoms with E-state index in [9.17, 15) is 4.79 Å². The molecule has 0 unspecified atom stereocenters. The van der Waals surface area contributed by atoms with E-state index < -0.39 is 0 Å². The van der Waals surface area contributed by atoms with Crippen LogP contribution >= 0.6 is 24.0 Å². The first kappa shape index (κ1) is 17.8. The summed E-state index contributed by atoms with van der Waals surface area (Å²) in [5.41, 5.74) is 7.63. The molecule has 0 amide bonds. The van der Waals surface area contributed by atoms with E-state index in [4.69, 9.17) is 22.7 Å². The Labute approximate surface area is 136 Å². The summed E-state index contributed by atoms with van der Waals surface area (Å²) >= 11 is 6.91. The summed E-state index contributed by atoms with van der Waals surface area (Å²) in [6.45, 7) is 6.29. The van der Waals surface area contributed by atoms with Crippen molar-refractivity contribution in [3.63, 3.8) is 0 Å². The molecule has 1 aromatic rings. The van der Waals surface area contributed by atoms with Gasteiger partial charge in [-0.3, -0.25) is 4.79 Å². The molecule has 0 radical (unpaired) electrons. The molecule has 116 valence electrons. The second-order valence-corrected chi connectivity index (χ2v) is 6.49. The maximum absolute atomic E-state index is 11.7. The van der Waals surface area contributed by atoms with Gasteiger partial charge in [0.05, 0.1) is 7.11 Å². The second-order valence-electron chi connectivity index (χ2n) is 4.75. The van der Waals surface area contributed by atoms with Crippen LogP contribution in [0.3, 0.4) is 0 Å². The van der Waals surface area contributed by atoms with Crippen LogP contribution < -0.4 is 10.6 Å². The average Bonchev–Trinajstić information content (AvgIpc) is 2.43. The third-order valence-corrected chi connectivity index (χ3v) is 4.15. The van der Waals surface area contributed by atoms with Crippen LogP contribution in [0.25, 0.3) is 0 Å². The lowest BCUT2D eigenvalue weighted by molar-refractivity contribution is -0.139. The number of ether oxygens (including phenoxy) is 1. The van der Waals surface area contributed by atoms with E-state index in [1.807, 2.05) is 36.9 Å². The molecule has 1 aromatic carbocycles. The molecule has 0 bridgehead atoms. The largest absolute Gasteiger partial charge is 0.468 e. The van der Waals surface area contributed by atoms with Gasteiger partial charge in [0.1, 0.15) is 11.5 Å². The van der Waals surface area contributed by atoms with Crippen molar-refractivity contribution < 1.29 is 9.53 Å². The number of benzene rings is 1. The summed E-state index contributed by atoms with van der Waals surface area (Å²) in [6, 6.07) is 6.03. The zero-order chi connectivity index (χ0) is 16.0. The van der Waals surface area contributed by atoms with Gasteiger partial charge in [-0.1, -0.05) is 25.2 Å². The molecule has 6 heteroatoms. The molecule has 0 atom stereocenters. The Bertz CT molecular complexity index is 518. The Hall–Kier alpha value is -1.27. The molecule has 0 aliphatic heterocycles. The van der Waals surface area contributed by atoms with Crippen molar-refractivity contribution in [2.75, 3.05) is 24.3 Å². The first-order chi connectivity index (χ1) is 9.92. The summed E-state index contributed by atoms with van der Waals surface area (Å²) in [6.07, 6.45) is 0. The van der Waals surface area contributed by atoms with Crippen molar-refractivity contribution in [2.45, 2.75) is 31.7 Å². The standard InChI is InChI=1S/C15H22N2O2S2/c1-5-21-12-8-6-7-11(14(12)15(16)20)17(10(2)3)9-13(18)19-4/h6-8,10H,5,9H2,1-4H3,(H2,16,20). The van der Waals surface area contributed by atoms with E-state index in [1.54, 1.807) is 11.8 Å². The first-order valence-electron chi connectivity index (χ1n) is 6.81. The summed E-state index contributed by atoms with van der Waals surface area (Å²) < 4.78 is 4.78. The van der Waals surface area contributed by atoms with Gasteiger partial charge in [-0.25, -0.2) is 0 Å². The Balaban J connectivity index is 3.33. The van der Waals surface area contributed by atoms with Crippen LogP contribution in [0.1, 0.15) is 26.3 Å². The van der Waals surface area contributed by atoms with Crippen molar-refractivity contribution in [1.29, 1.82) is 0 Å². The molecule has 0 fully saturated rings. The molecule has 4 nitrogen and oxygen atoms in total. The van der Waals surface area contributed by atoms with Gasteiger partial charge in [0.2, 0.25) is 0 Å². The van der Waals surface area contributed by atoms with Crippen molar-refractivity contribution in [3.8, 4) is 0 Å². The minimum Gasteiger partial charge on any atom is -0.468 e. The zero-order valence-corrected chi connectivity index (χ0v) is 14.5. The normalized spacial score (nSPS) is 10.5. The maximum atomic E-state index is 11.7. The molecule has 0 saturated heterocycles. The number of nitrogens with two attached hydrogens (primary N) is 1. The van der Waals surface area contributed by atoms with Gasteiger partial charge < -0.3 is 15.4 Å². The number of hydrogen-bond acceptors (Lipinski definition) is 5. The number of thioether (sulfide) groups is 1. The molecule has 1 rings (SSSR count). The Morgan fingerprint density at radius 3 is 2.62 bits per heavy atom. The summed E-state index contributed by atoms with van der Waals surface area (Å²) in [4.78, 5) is 15.0. The molecule has 0 aliphatic carbocycles. The summed E-state index contributed by atoms with van der Waals surface area (Å²) in [5.74, 6) is 0.642. The molecule has 0 aliphatic rings. The molecule has 0 aromatic heterocycles. The zero-order valence-electron chi connectivity index (χ0n) is 12.9. The predicted molar refractivity (Wildman–Crippen MR) is 93.2 cm³/mol. The van der Waals surface area contributed by atoms with Crippen LogP contribution in [0.5, 0.6) is 0 Å². The molecular formula is C15H22N2O2S2. The van der Waals surface area contributed by atoms with Gasteiger partial charge in [0.15, 0.2) is 0 Å². The van der Waals surface area contributed by atoms with Crippen LogP contribution in [-0.4, -0.2) is 36.4 Å². The van der Waals surface area contributed by atoms with E-state index in [2.05, 4.69) is 6.92 Å². The monoisotopic (exact) mass is 326 g/mol. The minimum absolute atomic E-state index is 0.124. The van der Waals surface area contributed by atoms with Crippen LogP contribution in [0, 0.1) is 0 Å². The van der Waals surface area contributed by atoms with Gasteiger partial charge >= 0.3 is 5.97 Å². The number of carbonyl (C=O) groups is 1. The second kappa shape index (κ2) is 8.24. The van der Waals surface area contributed by atoms with E-state index >= 15 is 0 Å². The predicted octanol–water partition coefficient (Wildman–Crippen LogP) is 2.82. The van der Waals surface area contributed by atoms with Gasteiger partial charge in [-0.15, -0.1) is 11.8 Å². The van der Waals surface area contributed by atoms with E-state index in [0.29, 0.717) is 4.99 Å². The number of methoxy groups -OCH3 is 1. The van der Waals surface area contributed by atoms with Crippen molar-refractivity contribution in [2.24, 2.45) is 5.73 Å². The lowest BCUT2D eigenvalue weighted by Crippen LogP contribution is -2.37. The van der Waals surface area contributed by atoms with Crippen molar-refractivity contribution in [3.05, 3.63) is 23.8 Å². The van der Waals surface area contributed by atoms with E-state index in [-0.39, 0.29) is 18.6 Å². The fourth-order valence-corrected chi connectivity index (χ4v) is 3.16. The van der Waals surface area contributed by atoms with Crippen LogP contribution in [0.2, 0.25) is 0 Å².